The predicted octanol–water partition coefficient (Wildman–Crippen LogP) is 0.824. The molecule has 0 aliphatic carbocycles. The monoisotopic (exact) mass is 305 g/mol. The summed E-state index contributed by atoms with van der Waals surface area (Å²) in [5.74, 6) is -1.08. The van der Waals surface area contributed by atoms with E-state index in [0.29, 0.717) is 0 Å². The van der Waals surface area contributed by atoms with Crippen LogP contribution in [0.1, 0.15) is 17.4 Å². The molecule has 0 aliphatic heterocycles. The Balaban J connectivity index is 2.42. The summed E-state index contributed by atoms with van der Waals surface area (Å²) in [5, 5.41) is 13.2. The number of hydrogen-bond donors (Lipinski definition) is 1. The molecule has 1 unspecified atom stereocenters. The molecular weight excluding hydrogens is 289 g/mol. The number of aliphatic hydroxyl groups excluding tert-OH is 1. The van der Waals surface area contributed by atoms with Crippen molar-refractivity contribution in [2.45, 2.75) is 13.0 Å². The van der Waals surface area contributed by atoms with Crippen LogP contribution >= 0.6 is 0 Å². The molecule has 1 atom stereocenters. The second-order valence-corrected chi connectivity index (χ2v) is 4.95. The minimum Gasteiger partial charge on any atom is -0.392 e. The Morgan fingerprint density at radius 3 is 2.68 bits per heavy atom. The minimum absolute atomic E-state index is 0.00833. The predicted molar refractivity (Wildman–Crippen MR) is 78.4 cm³/mol. The first-order chi connectivity index (χ1) is 10.4. The Morgan fingerprint density at radius 1 is 1.36 bits per heavy atom. The number of hydrogen-bond acceptors (Lipinski definition) is 4. The van der Waals surface area contributed by atoms with Gasteiger partial charge in [-0.15, -0.1) is 0 Å². The van der Waals surface area contributed by atoms with Gasteiger partial charge in [0.1, 0.15) is 17.2 Å². The van der Waals surface area contributed by atoms with E-state index in [1.54, 1.807) is 13.0 Å². The number of carbonyl (C=O) groups excluding carboxylic acids is 1. The van der Waals surface area contributed by atoms with Crippen molar-refractivity contribution in [2.75, 3.05) is 13.6 Å². The molecule has 0 saturated heterocycles. The average Bonchev–Trinajstić information content (AvgIpc) is 2.47. The Hall–Kier alpha value is -2.54. The molecule has 0 aliphatic rings. The first kappa shape index (κ1) is 15.8. The second kappa shape index (κ2) is 6.48. The molecule has 22 heavy (non-hydrogen) atoms. The molecule has 1 amide bonds. The van der Waals surface area contributed by atoms with Gasteiger partial charge in [-0.05, 0) is 25.1 Å². The maximum atomic E-state index is 13.8. The van der Waals surface area contributed by atoms with E-state index >= 15 is 0 Å². The van der Waals surface area contributed by atoms with Gasteiger partial charge in [0.25, 0.3) is 11.5 Å². The molecule has 2 aromatic rings. The highest BCUT2D eigenvalue weighted by molar-refractivity contribution is 5.91. The number of carbonyl (C=O) groups is 1. The van der Waals surface area contributed by atoms with Crippen molar-refractivity contribution in [2.24, 2.45) is 0 Å². The molecule has 1 N–H and O–H groups in total. The maximum absolute atomic E-state index is 13.8. The van der Waals surface area contributed by atoms with E-state index in [1.165, 1.54) is 36.2 Å². The van der Waals surface area contributed by atoms with Crippen molar-refractivity contribution in [3.05, 3.63) is 58.3 Å². The Bertz CT molecular complexity index is 743. The van der Waals surface area contributed by atoms with Crippen LogP contribution in [0.5, 0.6) is 0 Å². The first-order valence-electron chi connectivity index (χ1n) is 6.69. The van der Waals surface area contributed by atoms with Gasteiger partial charge in [-0.25, -0.2) is 4.39 Å². The number of halogens is 1. The van der Waals surface area contributed by atoms with Gasteiger partial charge in [0.05, 0.1) is 6.10 Å². The van der Waals surface area contributed by atoms with E-state index in [4.69, 9.17) is 0 Å². The molecule has 0 fully saturated rings. The van der Waals surface area contributed by atoms with Crippen LogP contribution in [0.15, 0.2) is 41.2 Å². The average molecular weight is 305 g/mol. The third-order valence-electron chi connectivity index (χ3n) is 2.98. The summed E-state index contributed by atoms with van der Waals surface area (Å²) in [6.07, 6.45) is -0.688. The highest BCUT2D eigenvalue weighted by Gasteiger charge is 2.17. The highest BCUT2D eigenvalue weighted by Crippen LogP contribution is 2.10. The summed E-state index contributed by atoms with van der Waals surface area (Å²) >= 11 is 0. The molecule has 6 nitrogen and oxygen atoms in total. The van der Waals surface area contributed by atoms with Crippen LogP contribution in [0.3, 0.4) is 0 Å². The van der Waals surface area contributed by atoms with Crippen molar-refractivity contribution in [1.82, 2.24) is 14.7 Å². The smallest absolute Gasteiger partial charge is 0.274 e. The summed E-state index contributed by atoms with van der Waals surface area (Å²) < 4.78 is 14.6. The Labute approximate surface area is 126 Å². The van der Waals surface area contributed by atoms with E-state index in [9.17, 15) is 19.1 Å². The van der Waals surface area contributed by atoms with Gasteiger partial charge in [-0.1, -0.05) is 12.1 Å². The normalized spacial score (nSPS) is 12.0. The van der Waals surface area contributed by atoms with Gasteiger partial charge >= 0.3 is 0 Å². The molecule has 1 heterocycles. The lowest BCUT2D eigenvalue weighted by Crippen LogP contribution is -2.35. The molecule has 1 aromatic carbocycles. The zero-order chi connectivity index (χ0) is 16.3. The Kier molecular flexibility index (Phi) is 4.67. The van der Waals surface area contributed by atoms with Crippen LogP contribution in [0.4, 0.5) is 4.39 Å². The van der Waals surface area contributed by atoms with Gasteiger partial charge in [0, 0.05) is 19.7 Å². The Morgan fingerprint density at radius 2 is 2.05 bits per heavy atom. The number of likely N-dealkylation sites (N-methyl/N-ethyl adjacent to an activating group) is 1. The second-order valence-electron chi connectivity index (χ2n) is 4.95. The van der Waals surface area contributed by atoms with Crippen molar-refractivity contribution in [3.8, 4) is 5.69 Å². The van der Waals surface area contributed by atoms with E-state index in [2.05, 4.69) is 5.10 Å². The van der Waals surface area contributed by atoms with Crippen LogP contribution in [-0.2, 0) is 0 Å². The lowest BCUT2D eigenvalue weighted by Gasteiger charge is -2.18. The number of aliphatic hydroxyl groups is 1. The first-order valence-corrected chi connectivity index (χ1v) is 6.69. The highest BCUT2D eigenvalue weighted by atomic mass is 19.1. The summed E-state index contributed by atoms with van der Waals surface area (Å²) in [6, 6.07) is 8.11. The zero-order valence-electron chi connectivity index (χ0n) is 12.2. The molecule has 0 saturated carbocycles. The third-order valence-corrected chi connectivity index (χ3v) is 2.98. The molecule has 7 heteroatoms. The number of rotatable bonds is 4. The van der Waals surface area contributed by atoms with E-state index in [0.717, 1.165) is 10.7 Å². The van der Waals surface area contributed by atoms with Crippen molar-refractivity contribution in [1.29, 1.82) is 0 Å². The van der Waals surface area contributed by atoms with Crippen LogP contribution < -0.4 is 5.56 Å². The van der Waals surface area contributed by atoms with Crippen LogP contribution in [0.25, 0.3) is 5.69 Å². The van der Waals surface area contributed by atoms with E-state index < -0.39 is 23.4 Å². The van der Waals surface area contributed by atoms with Crippen molar-refractivity contribution in [3.63, 3.8) is 0 Å². The topological polar surface area (TPSA) is 75.4 Å². The van der Waals surface area contributed by atoms with E-state index in [1.807, 2.05) is 0 Å². The maximum Gasteiger partial charge on any atom is 0.274 e. The summed E-state index contributed by atoms with van der Waals surface area (Å²) in [7, 11) is 1.51. The summed E-state index contributed by atoms with van der Waals surface area (Å²) in [6.45, 7) is 1.68. The fourth-order valence-corrected chi connectivity index (χ4v) is 2.00. The van der Waals surface area contributed by atoms with Crippen LogP contribution in [0.2, 0.25) is 0 Å². The van der Waals surface area contributed by atoms with Crippen molar-refractivity contribution >= 4 is 5.91 Å². The third kappa shape index (κ3) is 3.37. The summed E-state index contributed by atoms with van der Waals surface area (Å²) in [5.41, 5.74) is -0.578. The van der Waals surface area contributed by atoms with Gasteiger partial charge in [-0.3, -0.25) is 9.59 Å². The fourth-order valence-electron chi connectivity index (χ4n) is 2.00. The molecule has 2 rings (SSSR count). The van der Waals surface area contributed by atoms with Gasteiger partial charge < -0.3 is 10.0 Å². The molecule has 116 valence electrons. The van der Waals surface area contributed by atoms with Crippen LogP contribution in [-0.4, -0.2) is 45.4 Å². The lowest BCUT2D eigenvalue weighted by molar-refractivity contribution is 0.0696. The van der Waals surface area contributed by atoms with Gasteiger partial charge in [0.2, 0.25) is 0 Å². The fraction of sp³-hybridized carbons (Fsp3) is 0.267. The number of benzene rings is 1. The number of aromatic nitrogens is 2. The molecule has 0 radical (unpaired) electrons. The number of nitrogens with zero attached hydrogens (tertiary/aromatic N) is 3. The number of amides is 1. The van der Waals surface area contributed by atoms with Crippen LogP contribution in [0, 0.1) is 5.82 Å². The van der Waals surface area contributed by atoms with Gasteiger partial charge in [-0.2, -0.15) is 9.78 Å². The van der Waals surface area contributed by atoms with E-state index in [-0.39, 0.29) is 17.9 Å². The quantitative estimate of drug-likeness (QED) is 0.907. The molecular formula is C15H16FN3O3. The minimum atomic E-state index is -0.688. The van der Waals surface area contributed by atoms with Crippen molar-refractivity contribution < 1.29 is 14.3 Å². The molecule has 1 aromatic heterocycles. The van der Waals surface area contributed by atoms with Gasteiger partial charge in [0.15, 0.2) is 0 Å². The SMILES string of the molecule is CC(O)CN(C)C(=O)c1ccc(=O)n(-c2ccccc2F)n1. The zero-order valence-corrected chi connectivity index (χ0v) is 12.2. The number of para-hydroxylation sites is 1. The lowest BCUT2D eigenvalue weighted by atomic mass is 10.3. The molecule has 0 spiro atoms. The largest absolute Gasteiger partial charge is 0.392 e. The molecule has 0 bridgehead atoms. The standard InChI is InChI=1S/C15H16FN3O3/c1-10(20)9-18(2)15(22)12-7-8-14(21)19(17-12)13-6-4-3-5-11(13)16/h3-8,10,20H,9H2,1-2H3. The summed E-state index contributed by atoms with van der Waals surface area (Å²) in [4.78, 5) is 25.3.